The highest BCUT2D eigenvalue weighted by molar-refractivity contribution is 9.10. The van der Waals surface area contributed by atoms with Gasteiger partial charge in [0, 0.05) is 10.5 Å². The Hall–Kier alpha value is -1.56. The van der Waals surface area contributed by atoms with Gasteiger partial charge in [0.2, 0.25) is 5.91 Å². The van der Waals surface area contributed by atoms with Crippen LogP contribution in [0.5, 0.6) is 5.75 Å². The maximum atomic E-state index is 11.8. The number of rotatable bonds is 6. The number of carbonyl (C=O) groups excluding carboxylic acids is 2. The van der Waals surface area contributed by atoms with Gasteiger partial charge in [-0.2, -0.15) is 0 Å². The van der Waals surface area contributed by atoms with E-state index in [2.05, 4.69) is 26.6 Å². The van der Waals surface area contributed by atoms with Crippen LogP contribution in [0.1, 0.15) is 32.1 Å². The molecule has 1 aromatic rings. The Balaban J connectivity index is 1.62. The number of carbonyl (C=O) groups is 2. The first-order valence-corrected chi connectivity index (χ1v) is 8.37. The van der Waals surface area contributed by atoms with Crippen molar-refractivity contribution in [1.29, 1.82) is 0 Å². The second-order valence-electron chi connectivity index (χ2n) is 5.42. The van der Waals surface area contributed by atoms with Crippen LogP contribution in [0.15, 0.2) is 28.7 Å². The van der Waals surface area contributed by atoms with Crippen LogP contribution in [0.2, 0.25) is 0 Å². The van der Waals surface area contributed by atoms with Crippen molar-refractivity contribution in [3.63, 3.8) is 0 Å². The predicted molar refractivity (Wildman–Crippen MR) is 87.7 cm³/mol. The molecule has 2 rings (SSSR count). The monoisotopic (exact) mass is 368 g/mol. The molecule has 0 spiro atoms. The molecule has 1 aliphatic carbocycles. The summed E-state index contributed by atoms with van der Waals surface area (Å²) in [5, 5.41) is 5.52. The summed E-state index contributed by atoms with van der Waals surface area (Å²) in [6.07, 6.45) is 5.64. The van der Waals surface area contributed by atoms with E-state index in [0.717, 1.165) is 17.3 Å². The van der Waals surface area contributed by atoms with Gasteiger partial charge in [0.15, 0.2) is 6.61 Å². The van der Waals surface area contributed by atoms with Crippen molar-refractivity contribution >= 4 is 27.7 Å². The summed E-state index contributed by atoms with van der Waals surface area (Å²) in [4.78, 5) is 23.4. The molecule has 0 heterocycles. The fourth-order valence-corrected chi connectivity index (χ4v) is 2.70. The van der Waals surface area contributed by atoms with Gasteiger partial charge in [-0.05, 0) is 37.1 Å². The molecular weight excluding hydrogens is 348 g/mol. The van der Waals surface area contributed by atoms with Gasteiger partial charge in [-0.25, -0.2) is 0 Å². The van der Waals surface area contributed by atoms with Gasteiger partial charge in [-0.15, -0.1) is 0 Å². The van der Waals surface area contributed by atoms with E-state index in [-0.39, 0.29) is 31.0 Å². The molecule has 2 amide bonds. The molecule has 2 N–H and O–H groups in total. The maximum absolute atomic E-state index is 11.8. The molecule has 5 nitrogen and oxygen atoms in total. The van der Waals surface area contributed by atoms with Gasteiger partial charge in [-0.3, -0.25) is 9.59 Å². The summed E-state index contributed by atoms with van der Waals surface area (Å²) in [7, 11) is 0. The van der Waals surface area contributed by atoms with Crippen molar-refractivity contribution in [1.82, 2.24) is 10.6 Å². The predicted octanol–water partition coefficient (Wildman–Crippen LogP) is 2.39. The number of benzene rings is 1. The van der Waals surface area contributed by atoms with Crippen molar-refractivity contribution in [3.05, 3.63) is 28.7 Å². The van der Waals surface area contributed by atoms with Gasteiger partial charge >= 0.3 is 0 Å². The zero-order chi connectivity index (χ0) is 15.8. The maximum Gasteiger partial charge on any atom is 0.258 e. The molecule has 0 radical (unpaired) electrons. The normalized spacial score (nSPS) is 15.1. The molecule has 0 aliphatic heterocycles. The average molecular weight is 369 g/mol. The van der Waals surface area contributed by atoms with Gasteiger partial charge in [-0.1, -0.05) is 35.2 Å². The van der Waals surface area contributed by atoms with E-state index < -0.39 is 0 Å². The summed E-state index contributed by atoms with van der Waals surface area (Å²) in [6.45, 7) is -0.0998. The molecule has 1 aliphatic rings. The summed E-state index contributed by atoms with van der Waals surface area (Å²) in [6, 6.07) is 7.48. The van der Waals surface area contributed by atoms with Crippen molar-refractivity contribution in [2.75, 3.05) is 13.2 Å². The molecule has 1 saturated carbocycles. The van der Waals surface area contributed by atoms with E-state index in [1.165, 1.54) is 19.3 Å². The quantitative estimate of drug-likeness (QED) is 0.809. The SMILES string of the molecule is O=C(COc1ccc(Br)cc1)NCC(=O)NC1CCCCC1. The lowest BCUT2D eigenvalue weighted by Crippen LogP contribution is -2.43. The van der Waals surface area contributed by atoms with E-state index in [1.54, 1.807) is 12.1 Å². The number of hydrogen-bond acceptors (Lipinski definition) is 3. The van der Waals surface area contributed by atoms with Crippen LogP contribution in [0.4, 0.5) is 0 Å². The summed E-state index contributed by atoms with van der Waals surface area (Å²) in [5.74, 6) is 0.176. The number of amides is 2. The van der Waals surface area contributed by atoms with Crippen molar-refractivity contribution < 1.29 is 14.3 Å². The minimum absolute atomic E-state index is 0.000961. The van der Waals surface area contributed by atoms with Crippen LogP contribution in [0, 0.1) is 0 Å². The Bertz CT molecular complexity index is 499. The van der Waals surface area contributed by atoms with E-state index in [1.807, 2.05) is 12.1 Å². The Morgan fingerprint density at radius 3 is 2.45 bits per heavy atom. The summed E-state index contributed by atoms with van der Waals surface area (Å²) >= 11 is 3.33. The third-order valence-corrected chi connectivity index (χ3v) is 4.13. The molecule has 1 fully saturated rings. The van der Waals surface area contributed by atoms with Crippen LogP contribution in [0.3, 0.4) is 0 Å². The van der Waals surface area contributed by atoms with Gasteiger partial charge in [0.1, 0.15) is 5.75 Å². The minimum Gasteiger partial charge on any atom is -0.484 e. The van der Waals surface area contributed by atoms with Crippen LogP contribution in [-0.2, 0) is 9.59 Å². The molecule has 0 bridgehead atoms. The van der Waals surface area contributed by atoms with Gasteiger partial charge in [0.25, 0.3) is 5.91 Å². The van der Waals surface area contributed by atoms with Crippen LogP contribution < -0.4 is 15.4 Å². The standard InChI is InChI=1S/C16H21BrN2O3/c17-12-6-8-14(9-7-12)22-11-16(21)18-10-15(20)19-13-4-2-1-3-5-13/h6-9,13H,1-5,10-11H2,(H,18,21)(H,19,20). The Kier molecular flexibility index (Phi) is 6.71. The van der Waals surface area contributed by atoms with E-state index in [9.17, 15) is 9.59 Å². The van der Waals surface area contributed by atoms with Crippen molar-refractivity contribution in [2.24, 2.45) is 0 Å². The molecule has 0 unspecified atom stereocenters. The zero-order valence-corrected chi connectivity index (χ0v) is 14.0. The molecule has 0 saturated heterocycles. The zero-order valence-electron chi connectivity index (χ0n) is 12.4. The van der Waals surface area contributed by atoms with E-state index in [4.69, 9.17) is 4.74 Å². The second-order valence-corrected chi connectivity index (χ2v) is 6.34. The number of hydrogen-bond donors (Lipinski definition) is 2. The van der Waals surface area contributed by atoms with Crippen LogP contribution in [-0.4, -0.2) is 31.0 Å². The first kappa shape index (κ1) is 16.8. The number of ether oxygens (including phenoxy) is 1. The third kappa shape index (κ3) is 6.05. The third-order valence-electron chi connectivity index (χ3n) is 3.60. The molecule has 120 valence electrons. The molecular formula is C16H21BrN2O3. The number of nitrogens with one attached hydrogen (secondary N) is 2. The lowest BCUT2D eigenvalue weighted by atomic mass is 9.95. The lowest BCUT2D eigenvalue weighted by Gasteiger charge is -2.22. The smallest absolute Gasteiger partial charge is 0.258 e. The Morgan fingerprint density at radius 1 is 1.09 bits per heavy atom. The van der Waals surface area contributed by atoms with Crippen LogP contribution in [0.25, 0.3) is 0 Å². The molecule has 22 heavy (non-hydrogen) atoms. The van der Waals surface area contributed by atoms with E-state index >= 15 is 0 Å². The van der Waals surface area contributed by atoms with Crippen molar-refractivity contribution in [2.45, 2.75) is 38.1 Å². The minimum atomic E-state index is -0.304. The van der Waals surface area contributed by atoms with Crippen molar-refractivity contribution in [3.8, 4) is 5.75 Å². The summed E-state index contributed by atoms with van der Waals surface area (Å²) in [5.41, 5.74) is 0. The lowest BCUT2D eigenvalue weighted by molar-refractivity contribution is -0.127. The summed E-state index contributed by atoms with van der Waals surface area (Å²) < 4.78 is 6.29. The van der Waals surface area contributed by atoms with Crippen LogP contribution >= 0.6 is 15.9 Å². The molecule has 0 aromatic heterocycles. The highest BCUT2D eigenvalue weighted by Gasteiger charge is 2.15. The topological polar surface area (TPSA) is 67.4 Å². The molecule has 1 aromatic carbocycles. The van der Waals surface area contributed by atoms with E-state index in [0.29, 0.717) is 5.75 Å². The Labute approximate surface area is 138 Å². The fourth-order valence-electron chi connectivity index (χ4n) is 2.44. The fraction of sp³-hybridized carbons (Fsp3) is 0.500. The first-order chi connectivity index (χ1) is 10.6. The molecule has 6 heteroatoms. The second kappa shape index (κ2) is 8.78. The highest BCUT2D eigenvalue weighted by Crippen LogP contribution is 2.17. The number of halogens is 1. The van der Waals surface area contributed by atoms with Gasteiger partial charge in [0.05, 0.1) is 6.54 Å². The van der Waals surface area contributed by atoms with Gasteiger partial charge < -0.3 is 15.4 Å². The highest BCUT2D eigenvalue weighted by atomic mass is 79.9. The largest absolute Gasteiger partial charge is 0.484 e. The first-order valence-electron chi connectivity index (χ1n) is 7.58. The average Bonchev–Trinajstić information content (AvgIpc) is 2.53. The Morgan fingerprint density at radius 2 is 1.77 bits per heavy atom. The molecule has 0 atom stereocenters.